The summed E-state index contributed by atoms with van der Waals surface area (Å²) in [4.78, 5) is 12.0. The van der Waals surface area contributed by atoms with Gasteiger partial charge in [-0.05, 0) is 42.2 Å². The molecule has 0 heterocycles. The monoisotopic (exact) mass is 466 g/mol. The molecule has 0 aliphatic rings. The summed E-state index contributed by atoms with van der Waals surface area (Å²) in [5.41, 5.74) is 3.74. The van der Waals surface area contributed by atoms with E-state index in [0.29, 0.717) is 6.61 Å². The van der Waals surface area contributed by atoms with Crippen LogP contribution < -0.4 is 15.9 Å². The maximum absolute atomic E-state index is 15.1. The number of benzene rings is 4. The summed E-state index contributed by atoms with van der Waals surface area (Å²) in [6.07, 6.45) is 3.21. The van der Waals surface area contributed by atoms with Crippen molar-refractivity contribution in [3.63, 3.8) is 0 Å². The zero-order valence-electron chi connectivity index (χ0n) is 19.3. The largest absolute Gasteiger partial charge is 0.463 e. The van der Waals surface area contributed by atoms with Gasteiger partial charge in [0, 0.05) is 22.0 Å². The molecule has 4 aromatic rings. The predicted octanol–water partition coefficient (Wildman–Crippen LogP) is 5.88. The molecule has 0 aromatic heterocycles. The lowest BCUT2D eigenvalue weighted by molar-refractivity contribution is -0.137. The fraction of sp³-hybridized carbons (Fsp3) is 0.100. The van der Waals surface area contributed by atoms with E-state index < -0.39 is 7.14 Å². The number of hydrogen-bond acceptors (Lipinski definition) is 3. The van der Waals surface area contributed by atoms with Crippen LogP contribution in [0.25, 0.3) is 17.2 Å². The summed E-state index contributed by atoms with van der Waals surface area (Å²) < 4.78 is 20.2. The van der Waals surface area contributed by atoms with Crippen molar-refractivity contribution in [1.82, 2.24) is 0 Å². The quantitative estimate of drug-likeness (QED) is 0.194. The van der Waals surface area contributed by atoms with Crippen LogP contribution in [0.2, 0.25) is 0 Å². The number of rotatable bonds is 7. The van der Waals surface area contributed by atoms with Crippen LogP contribution >= 0.6 is 7.14 Å². The first kappa shape index (κ1) is 23.5. The van der Waals surface area contributed by atoms with E-state index in [1.165, 1.54) is 6.08 Å². The van der Waals surface area contributed by atoms with Gasteiger partial charge in [0.1, 0.15) is 0 Å². The average Bonchev–Trinajstić information content (AvgIpc) is 2.88. The molecular weight excluding hydrogens is 439 g/mol. The van der Waals surface area contributed by atoms with Crippen LogP contribution in [-0.2, 0) is 14.1 Å². The first-order chi connectivity index (χ1) is 16.6. The smallest absolute Gasteiger partial charge is 0.330 e. The van der Waals surface area contributed by atoms with Crippen LogP contribution in [0, 0.1) is 6.92 Å². The molecule has 0 fully saturated rings. The minimum atomic E-state index is -3.18. The molecule has 3 nitrogen and oxygen atoms in total. The van der Waals surface area contributed by atoms with Crippen LogP contribution in [0.5, 0.6) is 0 Å². The van der Waals surface area contributed by atoms with Gasteiger partial charge in [-0.25, -0.2) is 4.79 Å². The maximum atomic E-state index is 15.1. The second-order valence-corrected chi connectivity index (χ2v) is 10.7. The molecular formula is C30H27O3P. The summed E-state index contributed by atoms with van der Waals surface area (Å²) in [6, 6.07) is 33.1. The highest BCUT2D eigenvalue weighted by molar-refractivity contribution is 7.85. The van der Waals surface area contributed by atoms with Crippen molar-refractivity contribution in [2.24, 2.45) is 0 Å². The van der Waals surface area contributed by atoms with Crippen LogP contribution in [0.4, 0.5) is 0 Å². The van der Waals surface area contributed by atoms with E-state index >= 15 is 4.57 Å². The standard InChI is InChI=1S/C30H27O3P/c1-3-33-29(31)22-21-24-14-12-13-23(2)30(24)27-19-10-11-20-28(27)34(32,25-15-6-4-7-16-25)26-17-8-5-9-18-26/h4-22H,3H2,1-2H3/b22-21+. The predicted molar refractivity (Wildman–Crippen MR) is 142 cm³/mol. The van der Waals surface area contributed by atoms with Gasteiger partial charge in [0.2, 0.25) is 0 Å². The van der Waals surface area contributed by atoms with Crippen molar-refractivity contribution < 1.29 is 14.1 Å². The first-order valence-corrected chi connectivity index (χ1v) is 13.0. The van der Waals surface area contributed by atoms with E-state index in [-0.39, 0.29) is 5.97 Å². The molecule has 0 aliphatic heterocycles. The van der Waals surface area contributed by atoms with Gasteiger partial charge in [-0.3, -0.25) is 0 Å². The molecule has 34 heavy (non-hydrogen) atoms. The molecule has 4 heteroatoms. The molecule has 0 unspecified atom stereocenters. The Morgan fingerprint density at radius 2 is 1.38 bits per heavy atom. The van der Waals surface area contributed by atoms with Crippen LogP contribution in [0.1, 0.15) is 18.1 Å². The van der Waals surface area contributed by atoms with Crippen LogP contribution in [0.3, 0.4) is 0 Å². The van der Waals surface area contributed by atoms with Gasteiger partial charge in [0.05, 0.1) is 6.61 Å². The number of ether oxygens (including phenoxy) is 1. The van der Waals surface area contributed by atoms with Gasteiger partial charge in [-0.2, -0.15) is 0 Å². The van der Waals surface area contributed by atoms with Crippen molar-refractivity contribution in [2.45, 2.75) is 13.8 Å². The minimum Gasteiger partial charge on any atom is -0.463 e. The fourth-order valence-electron chi connectivity index (χ4n) is 4.21. The van der Waals surface area contributed by atoms with E-state index in [2.05, 4.69) is 0 Å². The lowest BCUT2D eigenvalue weighted by atomic mass is 9.94. The summed E-state index contributed by atoms with van der Waals surface area (Å²) in [6.45, 7) is 4.14. The molecule has 170 valence electrons. The highest BCUT2D eigenvalue weighted by Gasteiger charge is 2.32. The van der Waals surface area contributed by atoms with Crippen molar-refractivity contribution in [3.8, 4) is 11.1 Å². The Hall–Kier alpha value is -3.68. The van der Waals surface area contributed by atoms with E-state index in [9.17, 15) is 4.79 Å². The van der Waals surface area contributed by atoms with E-state index in [1.807, 2.05) is 110 Å². The van der Waals surface area contributed by atoms with Gasteiger partial charge < -0.3 is 9.30 Å². The Bertz CT molecular complexity index is 1310. The topological polar surface area (TPSA) is 43.4 Å². The molecule has 0 saturated heterocycles. The summed E-state index contributed by atoms with van der Waals surface area (Å²) >= 11 is 0. The third-order valence-corrected chi connectivity index (χ3v) is 8.86. The molecule has 0 spiro atoms. The van der Waals surface area contributed by atoms with Crippen LogP contribution in [0.15, 0.2) is 109 Å². The normalized spacial score (nSPS) is 11.5. The Morgan fingerprint density at radius 1 is 0.794 bits per heavy atom. The zero-order chi connectivity index (χ0) is 24.0. The Balaban J connectivity index is 1.97. The lowest BCUT2D eigenvalue weighted by Crippen LogP contribution is -2.26. The third kappa shape index (κ3) is 4.66. The van der Waals surface area contributed by atoms with Gasteiger partial charge in [0.15, 0.2) is 7.14 Å². The van der Waals surface area contributed by atoms with Gasteiger partial charge in [-0.15, -0.1) is 0 Å². The third-order valence-electron chi connectivity index (χ3n) is 5.74. The van der Waals surface area contributed by atoms with Gasteiger partial charge in [0.25, 0.3) is 0 Å². The highest BCUT2D eigenvalue weighted by atomic mass is 31.2. The number of hydrogen-bond donors (Lipinski definition) is 0. The molecule has 0 aliphatic carbocycles. The second-order valence-electron chi connectivity index (χ2n) is 7.92. The Kier molecular flexibility index (Phi) is 7.25. The Labute approximate surface area is 201 Å². The fourth-order valence-corrected chi connectivity index (χ4v) is 7.07. The van der Waals surface area contributed by atoms with Crippen molar-refractivity contribution in [2.75, 3.05) is 6.61 Å². The number of carbonyl (C=O) groups excluding carboxylic acids is 1. The number of aryl methyl sites for hydroxylation is 1. The van der Waals surface area contributed by atoms with E-state index in [1.54, 1.807) is 13.0 Å². The lowest BCUT2D eigenvalue weighted by Gasteiger charge is -2.24. The SMILES string of the molecule is CCOC(=O)/C=C/c1cccc(C)c1-c1ccccc1P(=O)(c1ccccc1)c1ccccc1. The highest BCUT2D eigenvalue weighted by Crippen LogP contribution is 2.46. The second kappa shape index (κ2) is 10.5. The molecule has 4 aromatic carbocycles. The molecule has 0 saturated carbocycles. The van der Waals surface area contributed by atoms with Gasteiger partial charge in [-0.1, -0.05) is 103 Å². The number of esters is 1. The molecule has 4 rings (SSSR count). The first-order valence-electron chi connectivity index (χ1n) is 11.3. The molecule has 0 bridgehead atoms. The van der Waals surface area contributed by atoms with Crippen LogP contribution in [-0.4, -0.2) is 12.6 Å². The van der Waals surface area contributed by atoms with Crippen molar-refractivity contribution in [1.29, 1.82) is 0 Å². The maximum Gasteiger partial charge on any atom is 0.330 e. The molecule has 0 radical (unpaired) electrons. The zero-order valence-corrected chi connectivity index (χ0v) is 20.2. The molecule has 0 N–H and O–H groups in total. The number of carbonyl (C=O) groups is 1. The van der Waals surface area contributed by atoms with Crippen molar-refractivity contribution >= 4 is 35.1 Å². The summed E-state index contributed by atoms with van der Waals surface area (Å²) in [5.74, 6) is -0.387. The summed E-state index contributed by atoms with van der Waals surface area (Å²) in [7, 11) is -3.18. The Morgan fingerprint density at radius 3 is 2.00 bits per heavy atom. The molecule has 0 amide bonds. The van der Waals surface area contributed by atoms with E-state index in [4.69, 9.17) is 4.74 Å². The molecule has 0 atom stereocenters. The van der Waals surface area contributed by atoms with Crippen molar-refractivity contribution in [3.05, 3.63) is 120 Å². The summed E-state index contributed by atoms with van der Waals surface area (Å²) in [5, 5.41) is 2.34. The minimum absolute atomic E-state index is 0.323. The van der Waals surface area contributed by atoms with E-state index in [0.717, 1.165) is 38.2 Å². The average molecular weight is 467 g/mol. The van der Waals surface area contributed by atoms with Gasteiger partial charge >= 0.3 is 5.97 Å².